The highest BCUT2D eigenvalue weighted by molar-refractivity contribution is 7.99. The summed E-state index contributed by atoms with van der Waals surface area (Å²) in [6.07, 6.45) is 0. The number of nitrogens with zero attached hydrogens (tertiary/aromatic N) is 2. The predicted octanol–water partition coefficient (Wildman–Crippen LogP) is 3.13. The zero-order valence-corrected chi connectivity index (χ0v) is 13.1. The first-order valence-electron chi connectivity index (χ1n) is 6.84. The standard InChI is InChI=1S/C15H18ClFN2S/c1-18-4-6-19(7-5-18)9-11-10-20-14-3-2-12(17)8-13(14)15(11)16/h2-3,8H,4-7,9-10H2,1H3. The van der Waals surface area contributed by atoms with Gasteiger partial charge < -0.3 is 4.90 Å². The van der Waals surface area contributed by atoms with Crippen molar-refractivity contribution < 1.29 is 4.39 Å². The molecule has 1 aromatic rings. The maximum Gasteiger partial charge on any atom is 0.123 e. The highest BCUT2D eigenvalue weighted by Crippen LogP contribution is 2.39. The number of fused-ring (bicyclic) bond motifs is 1. The number of hydrogen-bond acceptors (Lipinski definition) is 3. The molecule has 5 heteroatoms. The third-order valence-corrected chi connectivity index (χ3v) is 5.53. The molecule has 0 saturated carbocycles. The van der Waals surface area contributed by atoms with Gasteiger partial charge in [-0.2, -0.15) is 0 Å². The number of hydrogen-bond donors (Lipinski definition) is 0. The predicted molar refractivity (Wildman–Crippen MR) is 83.8 cm³/mol. The Morgan fingerprint density at radius 1 is 1.25 bits per heavy atom. The van der Waals surface area contributed by atoms with Gasteiger partial charge in [0.25, 0.3) is 0 Å². The molecule has 0 bridgehead atoms. The van der Waals surface area contributed by atoms with Crippen molar-refractivity contribution in [3.05, 3.63) is 35.2 Å². The summed E-state index contributed by atoms with van der Waals surface area (Å²) in [5.74, 6) is 0.687. The molecular formula is C15H18ClFN2S. The Morgan fingerprint density at radius 2 is 2.00 bits per heavy atom. The second-order valence-electron chi connectivity index (χ2n) is 5.43. The molecular weight excluding hydrogens is 295 g/mol. The average molecular weight is 313 g/mol. The molecule has 1 saturated heterocycles. The summed E-state index contributed by atoms with van der Waals surface area (Å²) in [5.41, 5.74) is 2.08. The van der Waals surface area contributed by atoms with Crippen LogP contribution in [-0.4, -0.2) is 55.3 Å². The molecule has 20 heavy (non-hydrogen) atoms. The first kappa shape index (κ1) is 14.4. The molecule has 0 radical (unpaired) electrons. The van der Waals surface area contributed by atoms with Crippen molar-refractivity contribution in [2.24, 2.45) is 0 Å². The van der Waals surface area contributed by atoms with E-state index in [1.54, 1.807) is 17.8 Å². The van der Waals surface area contributed by atoms with Crippen LogP contribution in [0.3, 0.4) is 0 Å². The van der Waals surface area contributed by atoms with Gasteiger partial charge in [0.05, 0.1) is 5.03 Å². The number of piperazine rings is 1. The summed E-state index contributed by atoms with van der Waals surface area (Å²) in [5, 5.41) is 0.747. The lowest BCUT2D eigenvalue weighted by Gasteiger charge is -2.33. The highest BCUT2D eigenvalue weighted by atomic mass is 35.5. The summed E-state index contributed by atoms with van der Waals surface area (Å²) < 4.78 is 13.4. The van der Waals surface area contributed by atoms with Crippen LogP contribution in [-0.2, 0) is 0 Å². The molecule has 0 amide bonds. The van der Waals surface area contributed by atoms with E-state index in [1.165, 1.54) is 11.6 Å². The van der Waals surface area contributed by atoms with Crippen molar-refractivity contribution in [1.82, 2.24) is 9.80 Å². The van der Waals surface area contributed by atoms with E-state index in [0.717, 1.165) is 54.0 Å². The van der Waals surface area contributed by atoms with Gasteiger partial charge in [0, 0.05) is 48.9 Å². The average Bonchev–Trinajstić information content (AvgIpc) is 2.45. The molecule has 2 aliphatic rings. The van der Waals surface area contributed by atoms with Crippen LogP contribution in [0.5, 0.6) is 0 Å². The molecule has 108 valence electrons. The van der Waals surface area contributed by atoms with Crippen molar-refractivity contribution in [2.75, 3.05) is 45.5 Å². The molecule has 1 fully saturated rings. The SMILES string of the molecule is CN1CCN(CC2=C(Cl)c3cc(F)ccc3SC2)CC1. The Kier molecular flexibility index (Phi) is 4.36. The van der Waals surface area contributed by atoms with Crippen LogP contribution in [0, 0.1) is 5.82 Å². The number of rotatable bonds is 2. The van der Waals surface area contributed by atoms with Crippen molar-refractivity contribution in [2.45, 2.75) is 4.90 Å². The van der Waals surface area contributed by atoms with Crippen molar-refractivity contribution in [1.29, 1.82) is 0 Å². The van der Waals surface area contributed by atoms with Gasteiger partial charge in [0.1, 0.15) is 5.82 Å². The van der Waals surface area contributed by atoms with Gasteiger partial charge in [-0.1, -0.05) is 11.6 Å². The second kappa shape index (κ2) is 6.06. The Morgan fingerprint density at radius 3 is 2.75 bits per heavy atom. The second-order valence-corrected chi connectivity index (χ2v) is 6.82. The van der Waals surface area contributed by atoms with Crippen LogP contribution in [0.15, 0.2) is 28.7 Å². The zero-order valence-electron chi connectivity index (χ0n) is 11.5. The third kappa shape index (κ3) is 3.03. The van der Waals surface area contributed by atoms with E-state index in [0.29, 0.717) is 0 Å². The molecule has 3 rings (SSSR count). The van der Waals surface area contributed by atoms with Gasteiger partial charge >= 0.3 is 0 Å². The number of likely N-dealkylation sites (N-methyl/N-ethyl adjacent to an activating group) is 1. The van der Waals surface area contributed by atoms with E-state index in [-0.39, 0.29) is 5.82 Å². The Labute approximate surface area is 128 Å². The molecule has 2 aliphatic heterocycles. The molecule has 2 nitrogen and oxygen atoms in total. The van der Waals surface area contributed by atoms with Gasteiger partial charge in [-0.3, -0.25) is 4.90 Å². The maximum absolute atomic E-state index is 13.4. The minimum atomic E-state index is -0.219. The minimum Gasteiger partial charge on any atom is -0.304 e. The fourth-order valence-electron chi connectivity index (χ4n) is 2.61. The largest absolute Gasteiger partial charge is 0.304 e. The Hall–Kier alpha value is -0.550. The summed E-state index contributed by atoms with van der Waals surface area (Å²) in [6, 6.07) is 4.87. The Balaban J connectivity index is 1.78. The van der Waals surface area contributed by atoms with Crippen LogP contribution >= 0.6 is 23.4 Å². The van der Waals surface area contributed by atoms with Crippen molar-refractivity contribution >= 4 is 28.4 Å². The number of thioether (sulfide) groups is 1. The fraction of sp³-hybridized carbons (Fsp3) is 0.467. The quantitative estimate of drug-likeness (QED) is 0.828. The minimum absolute atomic E-state index is 0.219. The molecule has 0 spiro atoms. The van der Waals surface area contributed by atoms with Gasteiger partial charge in [0.15, 0.2) is 0 Å². The van der Waals surface area contributed by atoms with Crippen LogP contribution in [0.1, 0.15) is 5.56 Å². The summed E-state index contributed by atoms with van der Waals surface area (Å²) in [6.45, 7) is 5.25. The van der Waals surface area contributed by atoms with Crippen molar-refractivity contribution in [3.63, 3.8) is 0 Å². The van der Waals surface area contributed by atoms with Crippen LogP contribution in [0.25, 0.3) is 5.03 Å². The van der Waals surface area contributed by atoms with Crippen LogP contribution in [0.2, 0.25) is 0 Å². The smallest absolute Gasteiger partial charge is 0.123 e. The molecule has 0 aromatic heterocycles. The first-order valence-corrected chi connectivity index (χ1v) is 8.21. The normalized spacial score (nSPS) is 21.1. The molecule has 0 N–H and O–H groups in total. The molecule has 0 unspecified atom stereocenters. The summed E-state index contributed by atoms with van der Waals surface area (Å²) in [4.78, 5) is 5.86. The first-order chi connectivity index (χ1) is 9.63. The Bertz CT molecular complexity index is 539. The lowest BCUT2D eigenvalue weighted by Crippen LogP contribution is -2.45. The van der Waals surface area contributed by atoms with E-state index >= 15 is 0 Å². The topological polar surface area (TPSA) is 6.48 Å². The molecule has 0 aliphatic carbocycles. The maximum atomic E-state index is 13.4. The monoisotopic (exact) mass is 312 g/mol. The highest BCUT2D eigenvalue weighted by Gasteiger charge is 2.22. The van der Waals surface area contributed by atoms with E-state index in [2.05, 4.69) is 16.8 Å². The van der Waals surface area contributed by atoms with Crippen LogP contribution < -0.4 is 0 Å². The van der Waals surface area contributed by atoms with Gasteiger partial charge in [0.2, 0.25) is 0 Å². The van der Waals surface area contributed by atoms with E-state index in [4.69, 9.17) is 11.6 Å². The lowest BCUT2D eigenvalue weighted by molar-refractivity contribution is 0.164. The molecule has 1 aromatic carbocycles. The van der Waals surface area contributed by atoms with Gasteiger partial charge in [-0.25, -0.2) is 4.39 Å². The number of benzene rings is 1. The number of halogens is 2. The third-order valence-electron chi connectivity index (χ3n) is 3.90. The van der Waals surface area contributed by atoms with Crippen LogP contribution in [0.4, 0.5) is 4.39 Å². The lowest BCUT2D eigenvalue weighted by atomic mass is 10.1. The molecule has 2 heterocycles. The van der Waals surface area contributed by atoms with E-state index < -0.39 is 0 Å². The molecule has 0 atom stereocenters. The van der Waals surface area contributed by atoms with Gasteiger partial charge in [-0.15, -0.1) is 11.8 Å². The zero-order chi connectivity index (χ0) is 14.1. The summed E-state index contributed by atoms with van der Waals surface area (Å²) >= 11 is 8.25. The van der Waals surface area contributed by atoms with E-state index in [9.17, 15) is 4.39 Å². The van der Waals surface area contributed by atoms with Gasteiger partial charge in [-0.05, 0) is 30.8 Å². The van der Waals surface area contributed by atoms with E-state index in [1.807, 2.05) is 6.07 Å². The fourth-order valence-corrected chi connectivity index (χ4v) is 4.07. The van der Waals surface area contributed by atoms with Crippen molar-refractivity contribution in [3.8, 4) is 0 Å². The summed E-state index contributed by atoms with van der Waals surface area (Å²) in [7, 11) is 2.15.